The molecular weight excluding hydrogens is 264 g/mol. The summed E-state index contributed by atoms with van der Waals surface area (Å²) in [7, 11) is 0. The number of carbonyl (C=O) groups is 3. The van der Waals surface area contributed by atoms with Crippen LogP contribution in [0, 0.1) is 0 Å². The zero-order valence-electron chi connectivity index (χ0n) is 12.4. The molecule has 0 rings (SSSR count). The van der Waals surface area contributed by atoms with Crippen molar-refractivity contribution in [2.24, 2.45) is 0 Å². The van der Waals surface area contributed by atoms with Gasteiger partial charge in [-0.3, -0.25) is 14.4 Å². The van der Waals surface area contributed by atoms with Crippen LogP contribution >= 0.6 is 0 Å². The summed E-state index contributed by atoms with van der Waals surface area (Å²) >= 11 is 0. The van der Waals surface area contributed by atoms with Crippen molar-refractivity contribution < 1.29 is 29.0 Å². The third kappa shape index (κ3) is 10.3. The first-order valence-corrected chi connectivity index (χ1v) is 6.93. The Balaban J connectivity index is 4.16. The van der Waals surface area contributed by atoms with Crippen LogP contribution in [-0.2, 0) is 23.9 Å². The minimum Gasteiger partial charge on any atom is -0.481 e. The summed E-state index contributed by atoms with van der Waals surface area (Å²) < 4.78 is 10.2. The molecule has 116 valence electrons. The maximum Gasteiger partial charge on any atom is 0.309 e. The minimum atomic E-state index is -0.856. The van der Waals surface area contributed by atoms with Gasteiger partial charge in [0.15, 0.2) is 0 Å². The zero-order valence-corrected chi connectivity index (χ0v) is 12.4. The first-order chi connectivity index (χ1) is 9.35. The second-order valence-electron chi connectivity index (χ2n) is 4.78. The van der Waals surface area contributed by atoms with Gasteiger partial charge >= 0.3 is 17.9 Å². The predicted molar refractivity (Wildman–Crippen MR) is 72.1 cm³/mol. The van der Waals surface area contributed by atoms with Gasteiger partial charge in [0.05, 0.1) is 12.5 Å². The summed E-state index contributed by atoms with van der Waals surface area (Å²) in [6.45, 7) is 4.99. The van der Waals surface area contributed by atoms with E-state index < -0.39 is 24.0 Å². The van der Waals surface area contributed by atoms with E-state index >= 15 is 0 Å². The fourth-order valence-electron chi connectivity index (χ4n) is 1.63. The van der Waals surface area contributed by atoms with E-state index in [0.29, 0.717) is 19.3 Å². The van der Waals surface area contributed by atoms with E-state index in [9.17, 15) is 14.4 Å². The third-order valence-corrected chi connectivity index (χ3v) is 2.80. The van der Waals surface area contributed by atoms with Crippen molar-refractivity contribution in [1.82, 2.24) is 0 Å². The molecule has 0 saturated heterocycles. The largest absolute Gasteiger partial charge is 0.481 e. The van der Waals surface area contributed by atoms with E-state index in [1.807, 2.05) is 6.92 Å². The van der Waals surface area contributed by atoms with Crippen LogP contribution in [0.25, 0.3) is 0 Å². The van der Waals surface area contributed by atoms with Crippen LogP contribution in [-0.4, -0.2) is 35.2 Å². The summed E-state index contributed by atoms with van der Waals surface area (Å²) in [6.07, 6.45) is 1.64. The lowest BCUT2D eigenvalue weighted by Crippen LogP contribution is -2.24. The second-order valence-corrected chi connectivity index (χ2v) is 4.78. The van der Waals surface area contributed by atoms with Crippen LogP contribution in [0.4, 0.5) is 0 Å². The van der Waals surface area contributed by atoms with Crippen molar-refractivity contribution in [1.29, 1.82) is 0 Å². The first-order valence-electron chi connectivity index (χ1n) is 6.93. The lowest BCUT2D eigenvalue weighted by molar-refractivity contribution is -0.156. The molecule has 20 heavy (non-hydrogen) atoms. The molecule has 6 nitrogen and oxygen atoms in total. The van der Waals surface area contributed by atoms with Gasteiger partial charge in [0.1, 0.15) is 6.10 Å². The molecule has 0 bridgehead atoms. The van der Waals surface area contributed by atoms with E-state index in [2.05, 4.69) is 0 Å². The van der Waals surface area contributed by atoms with Gasteiger partial charge < -0.3 is 14.6 Å². The molecule has 2 unspecified atom stereocenters. The molecule has 0 fully saturated rings. The Labute approximate surface area is 119 Å². The third-order valence-electron chi connectivity index (χ3n) is 2.80. The molecule has 0 saturated carbocycles. The average molecular weight is 288 g/mol. The lowest BCUT2D eigenvalue weighted by Gasteiger charge is -2.17. The number of carboxylic acid groups (broad SMARTS) is 1. The van der Waals surface area contributed by atoms with Gasteiger partial charge in [0, 0.05) is 13.3 Å². The Kier molecular flexibility index (Phi) is 9.41. The van der Waals surface area contributed by atoms with Crippen molar-refractivity contribution in [3.63, 3.8) is 0 Å². The van der Waals surface area contributed by atoms with E-state index in [1.54, 1.807) is 6.92 Å². The summed E-state index contributed by atoms with van der Waals surface area (Å²) in [4.78, 5) is 33.0. The molecule has 2 atom stereocenters. The Morgan fingerprint density at radius 2 is 1.80 bits per heavy atom. The summed E-state index contributed by atoms with van der Waals surface area (Å²) in [5.41, 5.74) is 0. The molecule has 0 aliphatic heterocycles. The topological polar surface area (TPSA) is 89.9 Å². The Morgan fingerprint density at radius 3 is 2.30 bits per heavy atom. The van der Waals surface area contributed by atoms with Crippen molar-refractivity contribution >= 4 is 17.9 Å². The highest BCUT2D eigenvalue weighted by Gasteiger charge is 2.19. The molecule has 0 aromatic rings. The average Bonchev–Trinajstić information content (AvgIpc) is 2.33. The fraction of sp³-hybridized carbons (Fsp3) is 0.786. The maximum atomic E-state index is 11.6. The highest BCUT2D eigenvalue weighted by atomic mass is 16.6. The Hall–Kier alpha value is -1.59. The molecular formula is C14H24O6. The predicted octanol–water partition coefficient (Wildman–Crippen LogP) is 2.29. The SMILES string of the molecule is CCC(C)OC(=O)CC(CCCCC(=O)O)OC(C)=O. The zero-order chi connectivity index (χ0) is 15.5. The van der Waals surface area contributed by atoms with Gasteiger partial charge in [-0.1, -0.05) is 6.92 Å². The number of rotatable bonds is 10. The molecule has 1 N–H and O–H groups in total. The molecule has 0 spiro atoms. The normalized spacial score (nSPS) is 13.3. The van der Waals surface area contributed by atoms with Gasteiger partial charge in [-0.2, -0.15) is 0 Å². The van der Waals surface area contributed by atoms with Crippen LogP contribution < -0.4 is 0 Å². The monoisotopic (exact) mass is 288 g/mol. The van der Waals surface area contributed by atoms with Crippen molar-refractivity contribution in [2.45, 2.75) is 71.5 Å². The number of ether oxygens (including phenoxy) is 2. The number of esters is 2. The van der Waals surface area contributed by atoms with E-state index in [0.717, 1.165) is 6.42 Å². The molecule has 0 amide bonds. The van der Waals surface area contributed by atoms with Gasteiger partial charge in [-0.15, -0.1) is 0 Å². The van der Waals surface area contributed by atoms with E-state index in [1.165, 1.54) is 6.92 Å². The summed E-state index contributed by atoms with van der Waals surface area (Å²) in [6, 6.07) is 0. The number of hydrogen-bond donors (Lipinski definition) is 1. The number of carbonyl (C=O) groups excluding carboxylic acids is 2. The lowest BCUT2D eigenvalue weighted by atomic mass is 10.1. The number of hydrogen-bond acceptors (Lipinski definition) is 5. The Bertz CT molecular complexity index is 326. The second kappa shape index (κ2) is 10.2. The van der Waals surface area contributed by atoms with Crippen LogP contribution in [0.3, 0.4) is 0 Å². The summed E-state index contributed by atoms with van der Waals surface area (Å²) in [5, 5.41) is 8.54. The van der Waals surface area contributed by atoms with E-state index in [4.69, 9.17) is 14.6 Å². The molecule has 0 heterocycles. The minimum absolute atomic E-state index is 0.0109. The molecule has 0 radical (unpaired) electrons. The molecule has 6 heteroatoms. The van der Waals surface area contributed by atoms with Crippen LogP contribution in [0.5, 0.6) is 0 Å². The van der Waals surface area contributed by atoms with Crippen LogP contribution in [0.15, 0.2) is 0 Å². The number of unbranched alkanes of at least 4 members (excludes halogenated alkanes) is 1. The van der Waals surface area contributed by atoms with Gasteiger partial charge in [0.2, 0.25) is 0 Å². The smallest absolute Gasteiger partial charge is 0.309 e. The Morgan fingerprint density at radius 1 is 1.15 bits per heavy atom. The number of carboxylic acids is 1. The fourth-order valence-corrected chi connectivity index (χ4v) is 1.63. The highest BCUT2D eigenvalue weighted by Crippen LogP contribution is 2.13. The standard InChI is InChI=1S/C14H24O6/c1-4-10(2)19-14(18)9-12(20-11(3)15)7-5-6-8-13(16)17/h10,12H,4-9H2,1-3H3,(H,16,17). The first kappa shape index (κ1) is 18.4. The number of aliphatic carboxylic acids is 1. The van der Waals surface area contributed by atoms with Gasteiger partial charge in [-0.05, 0) is 32.6 Å². The van der Waals surface area contributed by atoms with Crippen molar-refractivity contribution in [2.75, 3.05) is 0 Å². The van der Waals surface area contributed by atoms with Crippen molar-refractivity contribution in [3.8, 4) is 0 Å². The maximum absolute atomic E-state index is 11.6. The molecule has 0 aromatic carbocycles. The van der Waals surface area contributed by atoms with Gasteiger partial charge in [0.25, 0.3) is 0 Å². The highest BCUT2D eigenvalue weighted by molar-refractivity contribution is 5.71. The summed E-state index contributed by atoms with van der Waals surface area (Å²) in [5.74, 6) is -1.71. The van der Waals surface area contributed by atoms with E-state index in [-0.39, 0.29) is 18.9 Å². The quantitative estimate of drug-likeness (QED) is 0.490. The molecule has 0 aliphatic rings. The molecule has 0 aliphatic carbocycles. The van der Waals surface area contributed by atoms with Crippen molar-refractivity contribution in [3.05, 3.63) is 0 Å². The van der Waals surface area contributed by atoms with Crippen LogP contribution in [0.2, 0.25) is 0 Å². The van der Waals surface area contributed by atoms with Crippen LogP contribution in [0.1, 0.15) is 59.3 Å². The van der Waals surface area contributed by atoms with Gasteiger partial charge in [-0.25, -0.2) is 0 Å². The molecule has 0 aromatic heterocycles.